The van der Waals surface area contributed by atoms with Crippen LogP contribution in [0.25, 0.3) is 0 Å². The molecule has 0 fully saturated rings. The number of hydrogen-bond donors (Lipinski definition) is 8. The third-order valence-electron chi connectivity index (χ3n) is 5.40. The minimum atomic E-state index is -1.31. The van der Waals surface area contributed by atoms with Crippen LogP contribution in [0.5, 0.6) is 0 Å². The van der Waals surface area contributed by atoms with Gasteiger partial charge in [0.05, 0.1) is 6.04 Å². The van der Waals surface area contributed by atoms with E-state index in [1.54, 1.807) is 13.8 Å². The van der Waals surface area contributed by atoms with E-state index >= 15 is 0 Å². The summed E-state index contributed by atoms with van der Waals surface area (Å²) in [6.45, 7) is 4.06. The predicted octanol–water partition coefficient (Wildman–Crippen LogP) is -1.37. The minimum Gasteiger partial charge on any atom is -0.481 e. The maximum Gasteiger partial charge on any atom is 0.326 e. The molecule has 0 aliphatic rings. The molecular weight excluding hydrogens is 460 g/mol. The second kappa shape index (κ2) is 17.6. The summed E-state index contributed by atoms with van der Waals surface area (Å²) in [6.07, 6.45) is 2.37. The van der Waals surface area contributed by atoms with Gasteiger partial charge in [-0.25, -0.2) is 4.79 Å². The highest BCUT2D eigenvalue weighted by molar-refractivity contribution is 5.94. The Kier molecular flexibility index (Phi) is 16.2. The summed E-state index contributed by atoms with van der Waals surface area (Å²) in [5.74, 6) is -4.96. The van der Waals surface area contributed by atoms with Crippen LogP contribution in [-0.2, 0) is 24.0 Å². The number of unbranched alkanes of at least 4 members (excludes halogenated alkanes) is 2. The van der Waals surface area contributed by atoms with Crippen LogP contribution in [0.15, 0.2) is 0 Å². The standard InChI is InChI=1S/C22H42N6O7/c1-13(2)18(22(34)35)28-21(33)16(9-10-17(29)30)27-20(32)15(8-4-6-12-24)26-19(31)14(25)7-3-5-11-23/h13-16,18H,3-12,23-25H2,1-2H3,(H,26,31)(H,27,32)(H,28,33)(H,29,30)(H,34,35)/t14-,15-,16-,18-/m0/s1. The van der Waals surface area contributed by atoms with E-state index in [0.717, 1.165) is 0 Å². The number of nitrogens with two attached hydrogens (primary N) is 3. The molecule has 0 unspecified atom stereocenters. The lowest BCUT2D eigenvalue weighted by atomic mass is 10.0. The number of carbonyl (C=O) groups is 5. The van der Waals surface area contributed by atoms with Crippen molar-refractivity contribution in [3.8, 4) is 0 Å². The molecule has 0 saturated heterocycles. The predicted molar refractivity (Wildman–Crippen MR) is 129 cm³/mol. The SMILES string of the molecule is CC(C)[C@H](NC(=O)[C@H](CCC(=O)O)NC(=O)[C@H](CCCCN)NC(=O)[C@@H](N)CCCCN)C(=O)O. The zero-order valence-corrected chi connectivity index (χ0v) is 20.6. The first-order valence-electron chi connectivity index (χ1n) is 12.0. The molecule has 0 heterocycles. The van der Waals surface area contributed by atoms with Gasteiger partial charge in [-0.15, -0.1) is 0 Å². The molecule has 13 heteroatoms. The Labute approximate surface area is 205 Å². The Balaban J connectivity index is 5.50. The Morgan fingerprint density at radius 2 is 1.20 bits per heavy atom. The third-order valence-corrected chi connectivity index (χ3v) is 5.40. The molecule has 4 atom stereocenters. The zero-order valence-electron chi connectivity index (χ0n) is 20.6. The van der Waals surface area contributed by atoms with Gasteiger partial charge in [-0.05, 0) is 57.5 Å². The first kappa shape index (κ1) is 32.2. The van der Waals surface area contributed by atoms with E-state index in [0.29, 0.717) is 45.2 Å². The molecule has 3 amide bonds. The Bertz CT molecular complexity index is 704. The Morgan fingerprint density at radius 1 is 0.714 bits per heavy atom. The van der Waals surface area contributed by atoms with Gasteiger partial charge >= 0.3 is 11.9 Å². The van der Waals surface area contributed by atoms with Crippen molar-refractivity contribution in [1.29, 1.82) is 0 Å². The number of carbonyl (C=O) groups excluding carboxylic acids is 3. The van der Waals surface area contributed by atoms with Gasteiger partial charge in [0, 0.05) is 6.42 Å². The zero-order chi connectivity index (χ0) is 27.0. The van der Waals surface area contributed by atoms with Gasteiger partial charge < -0.3 is 43.4 Å². The van der Waals surface area contributed by atoms with Crippen molar-refractivity contribution >= 4 is 29.7 Å². The molecule has 202 valence electrons. The molecule has 0 saturated carbocycles. The minimum absolute atomic E-state index is 0.224. The number of nitrogens with one attached hydrogen (secondary N) is 3. The van der Waals surface area contributed by atoms with Crippen molar-refractivity contribution in [2.75, 3.05) is 13.1 Å². The largest absolute Gasteiger partial charge is 0.481 e. The molecule has 0 aliphatic carbocycles. The molecule has 0 bridgehead atoms. The summed E-state index contributed by atoms with van der Waals surface area (Å²) < 4.78 is 0. The quantitative estimate of drug-likeness (QED) is 0.0963. The number of aliphatic carboxylic acids is 2. The fourth-order valence-corrected chi connectivity index (χ4v) is 3.26. The second-order valence-electron chi connectivity index (χ2n) is 8.80. The number of carboxylic acids is 2. The van der Waals surface area contributed by atoms with E-state index in [1.165, 1.54) is 0 Å². The molecule has 35 heavy (non-hydrogen) atoms. The summed E-state index contributed by atoms with van der Waals surface area (Å²) in [4.78, 5) is 60.8. The number of rotatable bonds is 19. The molecule has 0 aliphatic heterocycles. The Hall–Kier alpha value is -2.77. The fraction of sp³-hybridized carbons (Fsp3) is 0.773. The van der Waals surface area contributed by atoms with Crippen molar-refractivity contribution in [3.63, 3.8) is 0 Å². The highest BCUT2D eigenvalue weighted by Crippen LogP contribution is 2.08. The first-order chi connectivity index (χ1) is 16.4. The van der Waals surface area contributed by atoms with Crippen molar-refractivity contribution < 1.29 is 34.2 Å². The van der Waals surface area contributed by atoms with Crippen molar-refractivity contribution in [2.45, 2.75) is 89.4 Å². The first-order valence-corrected chi connectivity index (χ1v) is 12.0. The molecule has 13 nitrogen and oxygen atoms in total. The normalized spacial score (nSPS) is 14.5. The van der Waals surface area contributed by atoms with E-state index in [-0.39, 0.29) is 12.8 Å². The highest BCUT2D eigenvalue weighted by Gasteiger charge is 2.31. The molecule has 0 aromatic rings. The van der Waals surface area contributed by atoms with E-state index in [2.05, 4.69) is 16.0 Å². The molecule has 0 aromatic carbocycles. The highest BCUT2D eigenvalue weighted by atomic mass is 16.4. The Morgan fingerprint density at radius 3 is 1.69 bits per heavy atom. The summed E-state index contributed by atoms with van der Waals surface area (Å²) >= 11 is 0. The number of hydrogen-bond acceptors (Lipinski definition) is 8. The molecule has 0 aromatic heterocycles. The number of carboxylic acid groups (broad SMARTS) is 2. The van der Waals surface area contributed by atoms with Gasteiger partial charge in [-0.1, -0.05) is 20.3 Å². The average molecular weight is 503 g/mol. The van der Waals surface area contributed by atoms with Crippen LogP contribution >= 0.6 is 0 Å². The van der Waals surface area contributed by atoms with Crippen LogP contribution in [0, 0.1) is 5.92 Å². The molecule has 0 spiro atoms. The van der Waals surface area contributed by atoms with Crippen molar-refractivity contribution in [1.82, 2.24) is 16.0 Å². The van der Waals surface area contributed by atoms with Crippen LogP contribution < -0.4 is 33.2 Å². The van der Waals surface area contributed by atoms with Gasteiger partial charge in [-0.3, -0.25) is 19.2 Å². The monoisotopic (exact) mass is 502 g/mol. The summed E-state index contributed by atoms with van der Waals surface area (Å²) in [6, 6.07) is -4.42. The van der Waals surface area contributed by atoms with Gasteiger partial charge in [0.15, 0.2) is 0 Å². The van der Waals surface area contributed by atoms with Crippen molar-refractivity contribution in [3.05, 3.63) is 0 Å². The second-order valence-corrected chi connectivity index (χ2v) is 8.80. The van der Waals surface area contributed by atoms with Gasteiger partial charge in [0.25, 0.3) is 0 Å². The molecule has 11 N–H and O–H groups in total. The van der Waals surface area contributed by atoms with Gasteiger partial charge in [0.1, 0.15) is 18.1 Å². The smallest absolute Gasteiger partial charge is 0.326 e. The lowest BCUT2D eigenvalue weighted by molar-refractivity contribution is -0.144. The molecular formula is C22H42N6O7. The van der Waals surface area contributed by atoms with E-state index in [4.69, 9.17) is 22.3 Å². The maximum atomic E-state index is 13.0. The topological polar surface area (TPSA) is 240 Å². The van der Waals surface area contributed by atoms with Crippen LogP contribution in [0.3, 0.4) is 0 Å². The maximum absolute atomic E-state index is 13.0. The summed E-state index contributed by atoms with van der Waals surface area (Å²) in [7, 11) is 0. The van der Waals surface area contributed by atoms with Crippen LogP contribution in [-0.4, -0.2) is 77.1 Å². The lowest BCUT2D eigenvalue weighted by Gasteiger charge is -2.26. The van der Waals surface area contributed by atoms with Gasteiger partial charge in [-0.2, -0.15) is 0 Å². The summed E-state index contributed by atoms with van der Waals surface area (Å²) in [5.41, 5.74) is 16.9. The summed E-state index contributed by atoms with van der Waals surface area (Å²) in [5, 5.41) is 25.8. The van der Waals surface area contributed by atoms with E-state index in [9.17, 15) is 29.1 Å². The van der Waals surface area contributed by atoms with Gasteiger partial charge in [0.2, 0.25) is 17.7 Å². The third kappa shape index (κ3) is 13.6. The van der Waals surface area contributed by atoms with Crippen LogP contribution in [0.2, 0.25) is 0 Å². The van der Waals surface area contributed by atoms with Crippen LogP contribution in [0.1, 0.15) is 65.2 Å². The van der Waals surface area contributed by atoms with E-state index in [1.807, 2.05) is 0 Å². The van der Waals surface area contributed by atoms with Crippen LogP contribution in [0.4, 0.5) is 0 Å². The lowest BCUT2D eigenvalue weighted by Crippen LogP contribution is -2.57. The molecule has 0 radical (unpaired) electrons. The molecule has 0 rings (SSSR count). The van der Waals surface area contributed by atoms with E-state index < -0.39 is 66.2 Å². The number of amides is 3. The van der Waals surface area contributed by atoms with Crippen molar-refractivity contribution in [2.24, 2.45) is 23.1 Å². The average Bonchev–Trinajstić information content (AvgIpc) is 2.78. The fourth-order valence-electron chi connectivity index (χ4n) is 3.26.